The fourth-order valence-corrected chi connectivity index (χ4v) is 2.97. The number of carbonyl (C=O) groups is 1. The van der Waals surface area contributed by atoms with Crippen molar-refractivity contribution in [2.75, 3.05) is 26.6 Å². The maximum atomic E-state index is 11.2. The van der Waals surface area contributed by atoms with E-state index in [4.69, 9.17) is 4.74 Å². The summed E-state index contributed by atoms with van der Waals surface area (Å²) in [6, 6.07) is 17.1. The van der Waals surface area contributed by atoms with Crippen molar-refractivity contribution in [2.24, 2.45) is 0 Å². The van der Waals surface area contributed by atoms with Crippen LogP contribution in [0.4, 0.5) is 5.82 Å². The van der Waals surface area contributed by atoms with Gasteiger partial charge in [0.25, 0.3) is 0 Å². The minimum atomic E-state index is -0.378. The van der Waals surface area contributed by atoms with E-state index in [0.717, 1.165) is 27.8 Å². The lowest BCUT2D eigenvalue weighted by molar-refractivity contribution is 0.0597. The molecule has 7 heteroatoms. The summed E-state index contributed by atoms with van der Waals surface area (Å²) < 4.78 is 9.65. The Labute approximate surface area is 181 Å². The number of ether oxygens (including phenoxy) is 2. The molecule has 2 aromatic heterocycles. The van der Waals surface area contributed by atoms with Crippen LogP contribution in [0.3, 0.4) is 0 Å². The fraction of sp³-hybridized carbons (Fsp3) is 0.167. The Bertz CT molecular complexity index is 1180. The Morgan fingerprint density at radius 2 is 1.81 bits per heavy atom. The smallest absolute Gasteiger partial charge is 0.341 e. The van der Waals surface area contributed by atoms with E-state index in [9.17, 15) is 4.79 Å². The molecule has 0 unspecified atom stereocenters. The number of anilines is 1. The van der Waals surface area contributed by atoms with E-state index in [1.165, 1.54) is 14.2 Å². The second kappa shape index (κ2) is 10.2. The van der Waals surface area contributed by atoms with E-state index >= 15 is 0 Å². The molecule has 2 heterocycles. The molecule has 7 nitrogen and oxygen atoms in total. The van der Waals surface area contributed by atoms with E-state index in [1.54, 1.807) is 24.5 Å². The first-order valence-electron chi connectivity index (χ1n) is 9.65. The molecule has 158 valence electrons. The molecule has 0 saturated heterocycles. The Morgan fingerprint density at radius 1 is 1.00 bits per heavy atom. The summed E-state index contributed by atoms with van der Waals surface area (Å²) in [5, 5.41) is 4.13. The number of fused-ring (bicyclic) bond motifs is 1. The lowest BCUT2D eigenvalue weighted by Crippen LogP contribution is -2.03. The monoisotopic (exact) mass is 416 g/mol. The van der Waals surface area contributed by atoms with Gasteiger partial charge in [-0.25, -0.2) is 14.8 Å². The van der Waals surface area contributed by atoms with Gasteiger partial charge in [-0.05, 0) is 48.9 Å². The van der Waals surface area contributed by atoms with Crippen LogP contribution in [0.1, 0.15) is 15.9 Å². The molecule has 0 saturated carbocycles. The predicted molar refractivity (Wildman–Crippen MR) is 121 cm³/mol. The van der Waals surface area contributed by atoms with Crippen molar-refractivity contribution >= 4 is 22.7 Å². The highest BCUT2D eigenvalue weighted by atomic mass is 16.5. The van der Waals surface area contributed by atoms with Crippen molar-refractivity contribution in [3.05, 3.63) is 78.1 Å². The van der Waals surface area contributed by atoms with Gasteiger partial charge in [0.15, 0.2) is 5.82 Å². The molecule has 0 atom stereocenters. The molecule has 0 aliphatic heterocycles. The molecule has 2 aromatic carbocycles. The minimum absolute atomic E-state index is 0.378. The minimum Gasteiger partial charge on any atom is -0.496 e. The van der Waals surface area contributed by atoms with Crippen molar-refractivity contribution in [3.63, 3.8) is 0 Å². The maximum Gasteiger partial charge on any atom is 0.341 e. The topological polar surface area (TPSA) is 86.2 Å². The van der Waals surface area contributed by atoms with Crippen LogP contribution in [-0.4, -0.2) is 42.2 Å². The summed E-state index contributed by atoms with van der Waals surface area (Å²) in [7, 11) is 4.74. The van der Waals surface area contributed by atoms with Gasteiger partial charge in [-0.3, -0.25) is 4.98 Å². The molecule has 4 aromatic rings. The average molecular weight is 416 g/mol. The molecule has 0 aliphatic carbocycles. The van der Waals surface area contributed by atoms with Crippen molar-refractivity contribution in [2.45, 2.75) is 6.92 Å². The highest BCUT2D eigenvalue weighted by Crippen LogP contribution is 2.24. The van der Waals surface area contributed by atoms with Crippen molar-refractivity contribution < 1.29 is 14.3 Å². The standard InChI is InChI=1S/C14H12N4.C10H12O3/c1-15-14-11-6-2-3-7-12(11)17-13(18-14)10-5-4-8-16-9-10;1-7-4-5-8(10(11)13-3)9(6-7)12-2/h2-9H,1H3,(H,15,17,18);4-6H,1-3H3. The quantitative estimate of drug-likeness (QED) is 0.489. The lowest BCUT2D eigenvalue weighted by atomic mass is 10.1. The number of nitrogens with one attached hydrogen (secondary N) is 1. The van der Waals surface area contributed by atoms with Crippen LogP contribution in [0.15, 0.2) is 67.0 Å². The van der Waals surface area contributed by atoms with Crippen LogP contribution in [-0.2, 0) is 4.74 Å². The van der Waals surface area contributed by atoms with Crippen molar-refractivity contribution in [1.82, 2.24) is 15.0 Å². The van der Waals surface area contributed by atoms with Crippen molar-refractivity contribution in [3.8, 4) is 17.1 Å². The summed E-state index contributed by atoms with van der Waals surface area (Å²) in [4.78, 5) is 24.4. The molecule has 0 aliphatic rings. The third-order valence-corrected chi connectivity index (χ3v) is 4.52. The normalized spacial score (nSPS) is 10.1. The number of aryl methyl sites for hydroxylation is 1. The molecule has 31 heavy (non-hydrogen) atoms. The number of pyridine rings is 1. The summed E-state index contributed by atoms with van der Waals surface area (Å²) in [5.74, 6) is 1.69. The molecule has 0 radical (unpaired) electrons. The van der Waals surface area contributed by atoms with Gasteiger partial charge >= 0.3 is 5.97 Å². The Hall–Kier alpha value is -4.00. The molecule has 0 spiro atoms. The fourth-order valence-electron chi connectivity index (χ4n) is 2.97. The van der Waals surface area contributed by atoms with Gasteiger partial charge in [-0.1, -0.05) is 18.2 Å². The second-order valence-corrected chi connectivity index (χ2v) is 6.60. The largest absolute Gasteiger partial charge is 0.496 e. The number of hydrogen-bond acceptors (Lipinski definition) is 7. The summed E-state index contributed by atoms with van der Waals surface area (Å²) >= 11 is 0. The third kappa shape index (κ3) is 5.14. The Balaban J connectivity index is 0.000000187. The number of para-hydroxylation sites is 1. The molecule has 1 N–H and O–H groups in total. The van der Waals surface area contributed by atoms with Gasteiger partial charge in [0.1, 0.15) is 17.1 Å². The predicted octanol–water partition coefficient (Wildman–Crippen LogP) is 4.52. The second-order valence-electron chi connectivity index (χ2n) is 6.60. The Morgan fingerprint density at radius 3 is 2.48 bits per heavy atom. The first kappa shape index (κ1) is 21.7. The van der Waals surface area contributed by atoms with Crippen LogP contribution in [0.2, 0.25) is 0 Å². The Kier molecular flexibility index (Phi) is 7.11. The van der Waals surface area contributed by atoms with Crippen LogP contribution >= 0.6 is 0 Å². The number of hydrogen-bond donors (Lipinski definition) is 1. The summed E-state index contributed by atoms with van der Waals surface area (Å²) in [6.45, 7) is 1.93. The molecule has 0 amide bonds. The van der Waals surface area contributed by atoms with Gasteiger partial charge < -0.3 is 14.8 Å². The number of aromatic nitrogens is 3. The third-order valence-electron chi connectivity index (χ3n) is 4.52. The zero-order valence-corrected chi connectivity index (χ0v) is 17.9. The number of benzene rings is 2. The molecule has 0 fully saturated rings. The molecule has 4 rings (SSSR count). The van der Waals surface area contributed by atoms with Gasteiger partial charge in [0.2, 0.25) is 0 Å². The van der Waals surface area contributed by atoms with E-state index in [2.05, 4.69) is 25.0 Å². The number of carbonyl (C=O) groups excluding carboxylic acids is 1. The number of rotatable bonds is 4. The zero-order valence-electron chi connectivity index (χ0n) is 17.9. The molecular weight excluding hydrogens is 392 g/mol. The molecular formula is C24H24N4O3. The average Bonchev–Trinajstić information content (AvgIpc) is 2.83. The highest BCUT2D eigenvalue weighted by Gasteiger charge is 2.11. The number of esters is 1. The van der Waals surface area contributed by atoms with Gasteiger partial charge in [-0.2, -0.15) is 0 Å². The van der Waals surface area contributed by atoms with Crippen LogP contribution < -0.4 is 10.1 Å². The maximum absolute atomic E-state index is 11.2. The van der Waals surface area contributed by atoms with Crippen LogP contribution in [0, 0.1) is 6.92 Å². The van der Waals surface area contributed by atoms with Gasteiger partial charge in [0, 0.05) is 30.4 Å². The summed E-state index contributed by atoms with van der Waals surface area (Å²) in [6.07, 6.45) is 3.51. The number of methoxy groups -OCH3 is 2. The van der Waals surface area contributed by atoms with Gasteiger partial charge in [0.05, 0.1) is 19.7 Å². The highest BCUT2D eigenvalue weighted by molar-refractivity contribution is 5.92. The first-order chi connectivity index (χ1) is 15.1. The van der Waals surface area contributed by atoms with E-state index in [-0.39, 0.29) is 5.97 Å². The summed E-state index contributed by atoms with van der Waals surface area (Å²) in [5.41, 5.74) is 3.34. The van der Waals surface area contributed by atoms with Crippen molar-refractivity contribution in [1.29, 1.82) is 0 Å². The van der Waals surface area contributed by atoms with Crippen LogP contribution in [0.25, 0.3) is 22.3 Å². The van der Waals surface area contributed by atoms with E-state index in [1.807, 2.05) is 56.4 Å². The first-order valence-corrected chi connectivity index (χ1v) is 9.65. The molecule has 0 bridgehead atoms. The lowest BCUT2D eigenvalue weighted by Gasteiger charge is -2.07. The van der Waals surface area contributed by atoms with Crippen LogP contribution in [0.5, 0.6) is 5.75 Å². The van der Waals surface area contributed by atoms with Gasteiger partial charge in [-0.15, -0.1) is 0 Å². The SMILES string of the molecule is CNc1nc(-c2cccnc2)nc2ccccc12.COC(=O)c1ccc(C)cc1OC. The van der Waals surface area contributed by atoms with E-state index in [0.29, 0.717) is 17.1 Å². The zero-order chi connectivity index (χ0) is 22.2. The number of nitrogens with zero attached hydrogens (tertiary/aromatic N) is 3. The van der Waals surface area contributed by atoms with E-state index < -0.39 is 0 Å².